The van der Waals surface area contributed by atoms with Crippen molar-refractivity contribution in [2.75, 3.05) is 6.61 Å². The van der Waals surface area contributed by atoms with Gasteiger partial charge in [-0.05, 0) is 24.3 Å². The van der Waals surface area contributed by atoms with Gasteiger partial charge in [0.05, 0.1) is 6.04 Å². The number of ether oxygens (including phenoxy) is 1. The summed E-state index contributed by atoms with van der Waals surface area (Å²) in [5, 5.41) is 2.04. The Hall–Kier alpha value is -1.52. The van der Waals surface area contributed by atoms with Gasteiger partial charge in [-0.3, -0.25) is 9.63 Å². The molecule has 2 atom stereocenters. The van der Waals surface area contributed by atoms with Crippen LogP contribution in [-0.4, -0.2) is 29.7 Å². The van der Waals surface area contributed by atoms with Gasteiger partial charge in [0, 0.05) is 11.4 Å². The molecule has 1 aromatic rings. The predicted octanol–water partition coefficient (Wildman–Crippen LogP) is 2.19. The first-order valence-corrected chi connectivity index (χ1v) is 6.16. The minimum atomic E-state index is -0.165. The zero-order chi connectivity index (χ0) is 12.5. The number of carbonyl (C=O) groups excluding carboxylic acids is 1. The van der Waals surface area contributed by atoms with Crippen LogP contribution in [0.1, 0.15) is 6.42 Å². The van der Waals surface area contributed by atoms with Gasteiger partial charge in [0.25, 0.3) is 5.91 Å². The van der Waals surface area contributed by atoms with E-state index in [-0.39, 0.29) is 24.7 Å². The summed E-state index contributed by atoms with van der Waals surface area (Å²) in [4.78, 5) is 17.3. The second-order valence-corrected chi connectivity index (χ2v) is 4.73. The fourth-order valence-corrected chi connectivity index (χ4v) is 2.23. The Bertz CT molecular complexity index is 486. The fraction of sp³-hybridized carbons (Fsp3) is 0.308. The number of benzene rings is 1. The molecular formula is C13H12ClNO3. The van der Waals surface area contributed by atoms with E-state index < -0.39 is 0 Å². The summed E-state index contributed by atoms with van der Waals surface area (Å²) in [5.41, 5.74) is 0. The molecule has 2 aliphatic rings. The molecule has 1 aliphatic carbocycles. The highest BCUT2D eigenvalue weighted by Crippen LogP contribution is 2.29. The first kappa shape index (κ1) is 11.6. The van der Waals surface area contributed by atoms with Crippen molar-refractivity contribution < 1.29 is 14.4 Å². The first-order chi connectivity index (χ1) is 8.72. The summed E-state index contributed by atoms with van der Waals surface area (Å²) in [5.74, 6) is 0.453. The first-order valence-electron chi connectivity index (χ1n) is 5.78. The van der Waals surface area contributed by atoms with E-state index in [2.05, 4.69) is 0 Å². The van der Waals surface area contributed by atoms with Gasteiger partial charge in [0.15, 0.2) is 6.61 Å². The Morgan fingerprint density at radius 3 is 2.78 bits per heavy atom. The van der Waals surface area contributed by atoms with Crippen LogP contribution in [0.15, 0.2) is 36.4 Å². The predicted molar refractivity (Wildman–Crippen MR) is 66.2 cm³/mol. The van der Waals surface area contributed by atoms with Gasteiger partial charge in [-0.2, -0.15) is 0 Å². The molecule has 1 saturated heterocycles. The number of nitrogens with zero attached hydrogens (tertiary/aromatic N) is 1. The molecule has 0 saturated carbocycles. The van der Waals surface area contributed by atoms with E-state index in [1.807, 2.05) is 12.2 Å². The maximum Gasteiger partial charge on any atom is 0.284 e. The monoisotopic (exact) mass is 265 g/mol. The van der Waals surface area contributed by atoms with Gasteiger partial charge in [0.1, 0.15) is 11.9 Å². The van der Waals surface area contributed by atoms with Crippen LogP contribution in [0.2, 0.25) is 5.02 Å². The highest BCUT2D eigenvalue weighted by molar-refractivity contribution is 6.30. The van der Waals surface area contributed by atoms with Crippen molar-refractivity contribution in [3.05, 3.63) is 41.4 Å². The van der Waals surface area contributed by atoms with E-state index in [4.69, 9.17) is 21.2 Å². The summed E-state index contributed by atoms with van der Waals surface area (Å²) >= 11 is 5.76. The fourth-order valence-electron chi connectivity index (χ4n) is 2.11. The summed E-state index contributed by atoms with van der Waals surface area (Å²) in [6.45, 7) is -0.0291. The number of fused-ring (bicyclic) bond motifs is 2. The quantitative estimate of drug-likeness (QED) is 0.787. The number of carbonyl (C=O) groups is 1. The molecule has 1 aliphatic heterocycles. The minimum absolute atomic E-state index is 0.0291. The van der Waals surface area contributed by atoms with E-state index in [0.29, 0.717) is 10.8 Å². The average molecular weight is 266 g/mol. The van der Waals surface area contributed by atoms with E-state index in [1.165, 1.54) is 5.06 Å². The molecule has 0 spiro atoms. The third-order valence-corrected chi connectivity index (χ3v) is 3.25. The van der Waals surface area contributed by atoms with Gasteiger partial charge in [-0.15, -0.1) is 0 Å². The number of rotatable bonds is 3. The van der Waals surface area contributed by atoms with Crippen molar-refractivity contribution in [3.8, 4) is 5.75 Å². The molecule has 1 aromatic carbocycles. The van der Waals surface area contributed by atoms with Crippen LogP contribution < -0.4 is 4.74 Å². The van der Waals surface area contributed by atoms with E-state index in [1.54, 1.807) is 24.3 Å². The van der Waals surface area contributed by atoms with E-state index in [9.17, 15) is 4.79 Å². The molecule has 0 unspecified atom stereocenters. The summed E-state index contributed by atoms with van der Waals surface area (Å²) < 4.78 is 5.39. The number of hydroxylamine groups is 2. The van der Waals surface area contributed by atoms with E-state index in [0.717, 1.165) is 6.42 Å². The summed E-state index contributed by atoms with van der Waals surface area (Å²) in [6.07, 6.45) is 4.88. The normalized spacial score (nSPS) is 24.6. The molecule has 2 bridgehead atoms. The number of halogens is 1. The van der Waals surface area contributed by atoms with Gasteiger partial charge < -0.3 is 4.74 Å². The third-order valence-electron chi connectivity index (χ3n) is 2.99. The second-order valence-electron chi connectivity index (χ2n) is 4.29. The number of hydrogen-bond donors (Lipinski definition) is 0. The van der Waals surface area contributed by atoms with Crippen LogP contribution >= 0.6 is 11.6 Å². The average Bonchev–Trinajstić information content (AvgIpc) is 3.00. The summed E-state index contributed by atoms with van der Waals surface area (Å²) in [6, 6.07) is 6.96. The SMILES string of the molecule is O=C(COc1ccc(Cl)cc1)N1O[C@H]2C=C[C@@H]1C2. The van der Waals surface area contributed by atoms with Crippen molar-refractivity contribution in [3.63, 3.8) is 0 Å². The minimum Gasteiger partial charge on any atom is -0.484 e. The van der Waals surface area contributed by atoms with Gasteiger partial charge >= 0.3 is 0 Å². The molecule has 94 valence electrons. The third kappa shape index (κ3) is 2.21. The van der Waals surface area contributed by atoms with Crippen molar-refractivity contribution >= 4 is 17.5 Å². The van der Waals surface area contributed by atoms with Crippen molar-refractivity contribution in [1.29, 1.82) is 0 Å². The van der Waals surface area contributed by atoms with Crippen LogP contribution in [0.4, 0.5) is 0 Å². The Morgan fingerprint density at radius 1 is 1.39 bits per heavy atom. The van der Waals surface area contributed by atoms with Crippen LogP contribution in [0, 0.1) is 0 Å². The molecule has 0 N–H and O–H groups in total. The standard InChI is InChI=1S/C13H12ClNO3/c14-9-1-4-11(5-2-9)17-8-13(16)15-10-3-6-12(7-10)18-15/h1-6,10,12H,7-8H2/t10-,12+/m1/s1. The van der Waals surface area contributed by atoms with E-state index >= 15 is 0 Å². The largest absolute Gasteiger partial charge is 0.484 e. The molecular weight excluding hydrogens is 254 g/mol. The van der Waals surface area contributed by atoms with Gasteiger partial charge in [0.2, 0.25) is 0 Å². The second kappa shape index (κ2) is 4.63. The zero-order valence-electron chi connectivity index (χ0n) is 9.58. The van der Waals surface area contributed by atoms with Crippen molar-refractivity contribution in [2.24, 2.45) is 0 Å². The molecule has 18 heavy (non-hydrogen) atoms. The lowest BCUT2D eigenvalue weighted by Crippen LogP contribution is -2.38. The van der Waals surface area contributed by atoms with Crippen LogP contribution in [0.25, 0.3) is 0 Å². The highest BCUT2D eigenvalue weighted by Gasteiger charge is 2.38. The van der Waals surface area contributed by atoms with Crippen molar-refractivity contribution in [1.82, 2.24) is 5.06 Å². The van der Waals surface area contributed by atoms with Gasteiger partial charge in [-0.25, -0.2) is 5.06 Å². The molecule has 3 rings (SSSR count). The molecule has 1 heterocycles. The highest BCUT2D eigenvalue weighted by atomic mass is 35.5. The molecule has 1 fully saturated rings. The lowest BCUT2D eigenvalue weighted by Gasteiger charge is -2.22. The van der Waals surface area contributed by atoms with Crippen molar-refractivity contribution in [2.45, 2.75) is 18.6 Å². The Labute approximate surface area is 110 Å². The number of hydrogen-bond acceptors (Lipinski definition) is 3. The molecule has 0 aromatic heterocycles. The molecule has 4 nitrogen and oxygen atoms in total. The lowest BCUT2D eigenvalue weighted by molar-refractivity contribution is -0.184. The van der Waals surface area contributed by atoms with Gasteiger partial charge in [-0.1, -0.05) is 23.8 Å². The Kier molecular flexibility index (Phi) is 2.97. The number of amides is 1. The molecule has 5 heteroatoms. The zero-order valence-corrected chi connectivity index (χ0v) is 10.3. The maximum atomic E-state index is 11.9. The summed E-state index contributed by atoms with van der Waals surface area (Å²) in [7, 11) is 0. The molecule has 0 radical (unpaired) electrons. The lowest BCUT2D eigenvalue weighted by atomic mass is 10.2. The van der Waals surface area contributed by atoms with Crippen LogP contribution in [-0.2, 0) is 9.63 Å². The maximum absolute atomic E-state index is 11.9. The van der Waals surface area contributed by atoms with Crippen LogP contribution in [0.5, 0.6) is 5.75 Å². The molecule has 1 amide bonds. The smallest absolute Gasteiger partial charge is 0.284 e. The van der Waals surface area contributed by atoms with Crippen LogP contribution in [0.3, 0.4) is 0 Å². The Morgan fingerprint density at radius 2 is 2.17 bits per heavy atom. The Balaban J connectivity index is 1.56. The topological polar surface area (TPSA) is 38.8 Å².